The van der Waals surface area contributed by atoms with Gasteiger partial charge in [0.15, 0.2) is 17.2 Å². The molecule has 1 saturated carbocycles. The molecule has 4 rings (SSSR count). The van der Waals surface area contributed by atoms with Crippen molar-refractivity contribution in [2.45, 2.75) is 46.0 Å². The quantitative estimate of drug-likeness (QED) is 0.705. The molecule has 27 heavy (non-hydrogen) atoms. The van der Waals surface area contributed by atoms with Gasteiger partial charge < -0.3 is 15.5 Å². The molecule has 1 fully saturated rings. The lowest BCUT2D eigenvalue weighted by Crippen LogP contribution is -2.18. The average Bonchev–Trinajstić information content (AvgIpc) is 3.38. The zero-order valence-corrected chi connectivity index (χ0v) is 15.9. The lowest BCUT2D eigenvalue weighted by Gasteiger charge is -2.22. The fraction of sp³-hybridized carbons (Fsp3) is 0.450. The van der Waals surface area contributed by atoms with Crippen LogP contribution in [0.15, 0.2) is 35.3 Å². The van der Waals surface area contributed by atoms with E-state index >= 15 is 0 Å². The summed E-state index contributed by atoms with van der Waals surface area (Å²) in [6.45, 7) is 4.92. The molecule has 3 aromatic rings. The van der Waals surface area contributed by atoms with Crippen molar-refractivity contribution in [3.63, 3.8) is 0 Å². The molecule has 3 aromatic heterocycles. The predicted octanol–water partition coefficient (Wildman–Crippen LogP) is 4.11. The third-order valence-electron chi connectivity index (χ3n) is 4.85. The smallest absolute Gasteiger partial charge is 0.284 e. The van der Waals surface area contributed by atoms with Crippen LogP contribution in [0.4, 0.5) is 5.82 Å². The Kier molecular flexibility index (Phi) is 6.11. The second-order valence-corrected chi connectivity index (χ2v) is 6.56. The number of anilines is 1. The first-order chi connectivity index (χ1) is 13.2. The van der Waals surface area contributed by atoms with Crippen molar-refractivity contribution >= 4 is 17.4 Å². The standard InChI is InChI=1S/C18H21N5O2.C2H6/c19-16(24)15-8-13(11-25-15)14-10-22-17(18-20-6-7-23(14)18)21-9-12-4-2-1-3-5-12;1-2/h6-8,10-12H,1-5,9H2,(H2,19,24)(H,21,22);1-2H3. The first-order valence-corrected chi connectivity index (χ1v) is 9.67. The lowest BCUT2D eigenvalue weighted by molar-refractivity contribution is 0.0974. The molecule has 0 atom stereocenters. The summed E-state index contributed by atoms with van der Waals surface area (Å²) >= 11 is 0. The number of nitrogens with zero attached hydrogens (tertiary/aromatic N) is 3. The van der Waals surface area contributed by atoms with Crippen LogP contribution in [-0.4, -0.2) is 26.8 Å². The summed E-state index contributed by atoms with van der Waals surface area (Å²) in [5, 5.41) is 3.45. The Morgan fingerprint density at radius 1 is 1.30 bits per heavy atom. The SMILES string of the molecule is CC.NC(=O)c1cc(-c2cnc(NCC3CCCCC3)c3nccn23)co1. The fourth-order valence-electron chi connectivity index (χ4n) is 3.49. The van der Waals surface area contributed by atoms with Crippen molar-refractivity contribution in [3.05, 3.63) is 36.7 Å². The Labute approximate surface area is 159 Å². The third kappa shape index (κ3) is 4.13. The monoisotopic (exact) mass is 369 g/mol. The van der Waals surface area contributed by atoms with E-state index in [4.69, 9.17) is 10.2 Å². The van der Waals surface area contributed by atoms with Crippen LogP contribution in [0.25, 0.3) is 16.9 Å². The summed E-state index contributed by atoms with van der Waals surface area (Å²) < 4.78 is 7.15. The van der Waals surface area contributed by atoms with E-state index in [-0.39, 0.29) is 5.76 Å². The maximum absolute atomic E-state index is 11.2. The second kappa shape index (κ2) is 8.70. The fourth-order valence-corrected chi connectivity index (χ4v) is 3.49. The molecular weight excluding hydrogens is 342 g/mol. The molecule has 7 nitrogen and oxygen atoms in total. The third-order valence-corrected chi connectivity index (χ3v) is 4.85. The van der Waals surface area contributed by atoms with E-state index in [1.165, 1.54) is 38.4 Å². The molecule has 1 aliphatic carbocycles. The number of fused-ring (bicyclic) bond motifs is 1. The molecule has 0 aliphatic heterocycles. The number of aromatic nitrogens is 3. The molecule has 3 heterocycles. The van der Waals surface area contributed by atoms with Crippen LogP contribution in [-0.2, 0) is 0 Å². The van der Waals surface area contributed by atoms with Gasteiger partial charge in [0.05, 0.1) is 11.9 Å². The second-order valence-electron chi connectivity index (χ2n) is 6.56. The molecule has 1 amide bonds. The lowest BCUT2D eigenvalue weighted by atomic mass is 9.89. The van der Waals surface area contributed by atoms with Crippen molar-refractivity contribution in [2.24, 2.45) is 11.7 Å². The average molecular weight is 369 g/mol. The predicted molar refractivity (Wildman–Crippen MR) is 106 cm³/mol. The zero-order chi connectivity index (χ0) is 19.2. The summed E-state index contributed by atoms with van der Waals surface area (Å²) in [4.78, 5) is 20.2. The number of amides is 1. The molecule has 1 aliphatic rings. The van der Waals surface area contributed by atoms with Crippen molar-refractivity contribution in [1.29, 1.82) is 0 Å². The van der Waals surface area contributed by atoms with Gasteiger partial charge in [-0.1, -0.05) is 33.1 Å². The van der Waals surface area contributed by atoms with Crippen molar-refractivity contribution in [1.82, 2.24) is 14.4 Å². The molecule has 144 valence electrons. The van der Waals surface area contributed by atoms with Gasteiger partial charge in [0.1, 0.15) is 6.26 Å². The minimum absolute atomic E-state index is 0.128. The number of primary amides is 1. The number of carbonyl (C=O) groups excluding carboxylic acids is 1. The van der Waals surface area contributed by atoms with Gasteiger partial charge in [-0.15, -0.1) is 0 Å². The van der Waals surface area contributed by atoms with Crippen LogP contribution in [0.3, 0.4) is 0 Å². The minimum Gasteiger partial charge on any atom is -0.458 e. The molecule has 3 N–H and O–H groups in total. The highest BCUT2D eigenvalue weighted by atomic mass is 16.3. The van der Waals surface area contributed by atoms with Gasteiger partial charge in [-0.3, -0.25) is 9.20 Å². The van der Waals surface area contributed by atoms with Gasteiger partial charge in [-0.05, 0) is 24.8 Å². The van der Waals surface area contributed by atoms with E-state index in [0.717, 1.165) is 29.3 Å². The first-order valence-electron chi connectivity index (χ1n) is 9.67. The topological polar surface area (TPSA) is 98.5 Å². The summed E-state index contributed by atoms with van der Waals surface area (Å²) in [5.41, 5.74) is 7.55. The van der Waals surface area contributed by atoms with Gasteiger partial charge >= 0.3 is 0 Å². The van der Waals surface area contributed by atoms with Crippen molar-refractivity contribution in [3.8, 4) is 11.3 Å². The van der Waals surface area contributed by atoms with E-state index in [2.05, 4.69) is 15.3 Å². The summed E-state index contributed by atoms with van der Waals surface area (Å²) in [6, 6.07) is 1.62. The molecule has 0 aromatic carbocycles. The highest BCUT2D eigenvalue weighted by Gasteiger charge is 2.16. The molecule has 0 bridgehead atoms. The molecular formula is C20H27N5O2. The van der Waals surface area contributed by atoms with E-state index in [1.807, 2.05) is 24.4 Å². The van der Waals surface area contributed by atoms with E-state index in [1.54, 1.807) is 18.5 Å². The number of nitrogens with two attached hydrogens (primary N) is 1. The van der Waals surface area contributed by atoms with Crippen LogP contribution >= 0.6 is 0 Å². The number of carbonyl (C=O) groups is 1. The van der Waals surface area contributed by atoms with Crippen LogP contribution in [0.5, 0.6) is 0 Å². The van der Waals surface area contributed by atoms with Crippen LogP contribution in [0, 0.1) is 5.92 Å². The summed E-state index contributed by atoms with van der Waals surface area (Å²) in [5.74, 6) is 1.02. The highest BCUT2D eigenvalue weighted by Crippen LogP contribution is 2.27. The largest absolute Gasteiger partial charge is 0.458 e. The maximum atomic E-state index is 11.2. The summed E-state index contributed by atoms with van der Waals surface area (Å²) in [6.07, 6.45) is 13.4. The molecule has 0 radical (unpaired) electrons. The van der Waals surface area contributed by atoms with Gasteiger partial charge in [-0.2, -0.15) is 0 Å². The van der Waals surface area contributed by atoms with Gasteiger partial charge in [0.25, 0.3) is 5.91 Å². The number of nitrogens with one attached hydrogen (secondary N) is 1. The number of rotatable bonds is 5. The Morgan fingerprint density at radius 2 is 2.07 bits per heavy atom. The van der Waals surface area contributed by atoms with Crippen LogP contribution in [0.2, 0.25) is 0 Å². The number of imidazole rings is 1. The maximum Gasteiger partial charge on any atom is 0.284 e. The number of furan rings is 1. The van der Waals surface area contributed by atoms with E-state index in [0.29, 0.717) is 5.92 Å². The Hall–Kier alpha value is -2.83. The van der Waals surface area contributed by atoms with Crippen molar-refractivity contribution < 1.29 is 9.21 Å². The zero-order valence-electron chi connectivity index (χ0n) is 15.9. The van der Waals surface area contributed by atoms with E-state index < -0.39 is 5.91 Å². The Morgan fingerprint density at radius 3 is 2.78 bits per heavy atom. The van der Waals surface area contributed by atoms with Gasteiger partial charge in [-0.25, -0.2) is 9.97 Å². The normalized spacial score (nSPS) is 14.6. The molecule has 7 heteroatoms. The number of hydrogen-bond acceptors (Lipinski definition) is 5. The Bertz CT molecular complexity index is 893. The van der Waals surface area contributed by atoms with Gasteiger partial charge in [0.2, 0.25) is 0 Å². The Balaban J connectivity index is 0.00000102. The van der Waals surface area contributed by atoms with Crippen LogP contribution < -0.4 is 11.1 Å². The molecule has 0 saturated heterocycles. The van der Waals surface area contributed by atoms with E-state index in [9.17, 15) is 4.79 Å². The highest BCUT2D eigenvalue weighted by molar-refractivity contribution is 5.91. The van der Waals surface area contributed by atoms with Gasteiger partial charge in [0, 0.05) is 24.5 Å². The first kappa shape index (κ1) is 18.9. The number of hydrogen-bond donors (Lipinski definition) is 2. The molecule has 0 unspecified atom stereocenters. The van der Waals surface area contributed by atoms with Crippen molar-refractivity contribution in [2.75, 3.05) is 11.9 Å². The minimum atomic E-state index is -0.591. The summed E-state index contributed by atoms with van der Waals surface area (Å²) in [7, 11) is 0. The molecule has 0 spiro atoms. The van der Waals surface area contributed by atoms with Crippen LogP contribution in [0.1, 0.15) is 56.5 Å².